The second-order valence-corrected chi connectivity index (χ2v) is 20.6. The Balaban J connectivity index is 5.37. The number of nitrogens with one attached hydrogen (secondary N) is 1. The Morgan fingerprint density at radius 3 is 1.35 bits per heavy atom. The molecule has 0 rings (SSSR count). The fraction of sp³-hybridized carbons (Fsp3) is 0.862. The number of carbonyl (C=O) groups is 6. The van der Waals surface area contributed by atoms with Crippen LogP contribution in [0.25, 0.3) is 0 Å². The molecule has 3 unspecified atom stereocenters. The second-order valence-electron chi connectivity index (χ2n) is 19.5. The van der Waals surface area contributed by atoms with Crippen LogP contribution < -0.4 is 5.32 Å². The first kappa shape index (κ1) is 80.4. The fourth-order valence-corrected chi connectivity index (χ4v) is 8.09. The molecule has 0 heterocycles. The van der Waals surface area contributed by atoms with E-state index in [1.807, 2.05) is 0 Å². The highest BCUT2D eigenvalue weighted by atomic mass is 79.9. The van der Waals surface area contributed by atoms with Crippen LogP contribution >= 0.6 is 15.9 Å². The summed E-state index contributed by atoms with van der Waals surface area (Å²) < 4.78 is 96.9. The van der Waals surface area contributed by atoms with E-state index in [-0.39, 0.29) is 98.5 Å². The van der Waals surface area contributed by atoms with E-state index in [1.165, 1.54) is 46.3 Å². The number of hydrogen-bond donors (Lipinski definition) is 1. The first-order valence-corrected chi connectivity index (χ1v) is 30.4. The molecule has 26 heteroatoms. The van der Waals surface area contributed by atoms with Gasteiger partial charge in [0.1, 0.15) is 37.9 Å². The Morgan fingerprint density at radius 2 is 0.857 bits per heavy atom. The van der Waals surface area contributed by atoms with E-state index < -0.39 is 64.3 Å². The van der Waals surface area contributed by atoms with Crippen LogP contribution in [0.2, 0.25) is 0 Å². The van der Waals surface area contributed by atoms with Crippen LogP contribution in [-0.4, -0.2) is 240 Å². The van der Waals surface area contributed by atoms with Gasteiger partial charge in [0.2, 0.25) is 0 Å². The Bertz CT molecular complexity index is 1630. The molecule has 0 saturated carbocycles. The third-order valence-electron chi connectivity index (χ3n) is 12.1. The van der Waals surface area contributed by atoms with Gasteiger partial charge < -0.3 is 90.6 Å². The van der Waals surface area contributed by atoms with Crippen molar-refractivity contribution in [2.24, 2.45) is 17.3 Å². The van der Waals surface area contributed by atoms with Gasteiger partial charge in [-0.15, -0.1) is 0 Å². The summed E-state index contributed by atoms with van der Waals surface area (Å²) in [4.78, 5) is 77.0. The number of carbonyl (C=O) groups excluding carboxylic acids is 6. The van der Waals surface area contributed by atoms with Crippen LogP contribution in [0.15, 0.2) is 12.7 Å². The standard InChI is InChI=1S/C58H104BrNO24/c1-8-10-11-12-13-14-15-16-17-18-20-80-53(62)48(45-50(59)55(64)82-42-43-84-57(66)60-19-21-79-51(61)9-2)44-49(46-58(3,4)56(65)83-41-39-78-47-52(68-6)69-7)54(63)81-40-38-77-37-36-76-35-34-75-33-32-74-31-30-73-29-28-72-27-26-71-25-24-70-23-22-67-5/h9,48-50,52H,2,8,10-47H2,1,3-7H3,(H,60,66). The number of alkyl halides is 1. The van der Waals surface area contributed by atoms with Gasteiger partial charge in [0.15, 0.2) is 6.29 Å². The first-order chi connectivity index (χ1) is 40.8. The molecule has 1 N–H and O–H groups in total. The minimum atomic E-state index is -1.27. The molecule has 0 aliphatic carbocycles. The van der Waals surface area contributed by atoms with Gasteiger partial charge in [-0.3, -0.25) is 19.2 Å². The molecule has 1 amide bonds. The van der Waals surface area contributed by atoms with Crippen LogP contribution in [0.1, 0.15) is 104 Å². The predicted octanol–water partition coefficient (Wildman–Crippen LogP) is 6.14. The largest absolute Gasteiger partial charge is 0.465 e. The van der Waals surface area contributed by atoms with Crippen LogP contribution in [0.5, 0.6) is 0 Å². The quantitative estimate of drug-likeness (QED) is 0.0179. The highest BCUT2D eigenvalue weighted by molar-refractivity contribution is 9.10. The molecule has 25 nitrogen and oxygen atoms in total. The SMILES string of the molecule is C=CC(=O)OCCNC(=O)OCCOC(=O)C(Br)CC(CC(CC(C)(C)C(=O)OCCOCC(OC)OC)C(=O)OCCOCCOCCOCCOCCOCCOCCOCCOCCOC)C(=O)OCCCCCCCCCCCC. The Labute approximate surface area is 507 Å². The summed E-state index contributed by atoms with van der Waals surface area (Å²) in [5, 5.41) is 2.39. The minimum absolute atomic E-state index is 0.0201. The van der Waals surface area contributed by atoms with Crippen molar-refractivity contribution in [2.45, 2.75) is 115 Å². The molecule has 0 bridgehead atoms. The molecule has 0 aliphatic heterocycles. The molecular formula is C58H104BrNO24. The molecule has 0 spiro atoms. The zero-order valence-electron chi connectivity index (χ0n) is 51.3. The molecule has 0 aromatic carbocycles. The highest BCUT2D eigenvalue weighted by Gasteiger charge is 2.39. The molecule has 0 aromatic heterocycles. The van der Waals surface area contributed by atoms with Gasteiger partial charge in [-0.1, -0.05) is 87.2 Å². The van der Waals surface area contributed by atoms with Crippen molar-refractivity contribution in [3.05, 3.63) is 12.7 Å². The average Bonchev–Trinajstić information content (AvgIpc) is 3.69. The summed E-state index contributed by atoms with van der Waals surface area (Å²) in [6, 6.07) is 0. The van der Waals surface area contributed by atoms with E-state index in [4.69, 9.17) is 85.3 Å². The summed E-state index contributed by atoms with van der Waals surface area (Å²) in [6.45, 7) is 14.8. The van der Waals surface area contributed by atoms with E-state index >= 15 is 0 Å². The van der Waals surface area contributed by atoms with Gasteiger partial charge in [-0.2, -0.15) is 0 Å². The summed E-state index contributed by atoms with van der Waals surface area (Å²) >= 11 is 3.36. The first-order valence-electron chi connectivity index (χ1n) is 29.5. The number of esters is 5. The van der Waals surface area contributed by atoms with Gasteiger partial charge in [0.25, 0.3) is 0 Å². The van der Waals surface area contributed by atoms with Crippen molar-refractivity contribution >= 4 is 51.9 Å². The Hall–Kier alpha value is -3.64. The number of amides is 1. The number of halogens is 1. The number of rotatable bonds is 62. The summed E-state index contributed by atoms with van der Waals surface area (Å²) in [5.41, 5.74) is -1.27. The minimum Gasteiger partial charge on any atom is -0.465 e. The van der Waals surface area contributed by atoms with Crippen molar-refractivity contribution in [1.82, 2.24) is 5.32 Å². The third-order valence-corrected chi connectivity index (χ3v) is 12.9. The van der Waals surface area contributed by atoms with E-state index in [9.17, 15) is 28.8 Å². The molecule has 0 fully saturated rings. The van der Waals surface area contributed by atoms with Crippen LogP contribution in [0.4, 0.5) is 4.79 Å². The Morgan fingerprint density at radius 1 is 0.452 bits per heavy atom. The lowest BCUT2D eigenvalue weighted by atomic mass is 9.78. The smallest absolute Gasteiger partial charge is 0.407 e. The van der Waals surface area contributed by atoms with Gasteiger partial charge in [-0.05, 0) is 39.5 Å². The van der Waals surface area contributed by atoms with Gasteiger partial charge >= 0.3 is 35.9 Å². The van der Waals surface area contributed by atoms with Crippen molar-refractivity contribution in [3.8, 4) is 0 Å². The lowest BCUT2D eigenvalue weighted by molar-refractivity contribution is -0.163. The van der Waals surface area contributed by atoms with Crippen molar-refractivity contribution < 1.29 is 114 Å². The normalized spacial score (nSPS) is 12.6. The highest BCUT2D eigenvalue weighted by Crippen LogP contribution is 2.34. The number of alkyl carbamates (subject to hydrolysis) is 1. The second kappa shape index (κ2) is 58.4. The zero-order valence-corrected chi connectivity index (χ0v) is 52.9. The van der Waals surface area contributed by atoms with E-state index in [1.54, 1.807) is 21.0 Å². The van der Waals surface area contributed by atoms with E-state index in [0.29, 0.717) is 98.9 Å². The van der Waals surface area contributed by atoms with Crippen LogP contribution in [-0.2, 0) is 109 Å². The van der Waals surface area contributed by atoms with Gasteiger partial charge in [0, 0.05) is 27.4 Å². The monoisotopic (exact) mass is 1280 g/mol. The molecule has 84 heavy (non-hydrogen) atoms. The average molecular weight is 1280 g/mol. The van der Waals surface area contributed by atoms with Crippen LogP contribution in [0.3, 0.4) is 0 Å². The van der Waals surface area contributed by atoms with E-state index in [2.05, 4.69) is 34.7 Å². The summed E-state index contributed by atoms with van der Waals surface area (Å²) in [5.74, 6) is -5.47. The van der Waals surface area contributed by atoms with Crippen molar-refractivity contribution in [3.63, 3.8) is 0 Å². The summed E-state index contributed by atoms with van der Waals surface area (Å²) in [6.07, 6.45) is 10.00. The molecule has 0 aliphatic rings. The maximum atomic E-state index is 14.0. The molecule has 0 aromatic rings. The van der Waals surface area contributed by atoms with Crippen LogP contribution in [0, 0.1) is 17.3 Å². The van der Waals surface area contributed by atoms with Crippen molar-refractivity contribution in [1.29, 1.82) is 0 Å². The lowest BCUT2D eigenvalue weighted by Gasteiger charge is -2.29. The fourth-order valence-electron chi connectivity index (χ4n) is 7.51. The predicted molar refractivity (Wildman–Crippen MR) is 311 cm³/mol. The maximum Gasteiger partial charge on any atom is 0.407 e. The third kappa shape index (κ3) is 49.5. The van der Waals surface area contributed by atoms with E-state index in [0.717, 1.165) is 31.8 Å². The number of hydrogen-bond acceptors (Lipinski definition) is 24. The summed E-state index contributed by atoms with van der Waals surface area (Å²) in [7, 11) is 4.57. The Kier molecular flexibility index (Phi) is 55.9. The lowest BCUT2D eigenvalue weighted by Crippen LogP contribution is -2.36. The molecule has 492 valence electrons. The van der Waals surface area contributed by atoms with Crippen molar-refractivity contribution in [2.75, 3.05) is 193 Å². The molecular weight excluding hydrogens is 1170 g/mol. The number of ether oxygens (including phenoxy) is 18. The molecule has 0 radical (unpaired) electrons. The zero-order chi connectivity index (χ0) is 62.0. The molecule has 3 atom stereocenters. The molecule has 0 saturated heterocycles. The van der Waals surface area contributed by atoms with Gasteiger partial charge in [0.05, 0.1) is 156 Å². The number of unbranched alkanes of at least 4 members (excludes halogenated alkanes) is 9. The topological polar surface area (TPSA) is 281 Å². The maximum absolute atomic E-state index is 14.0. The van der Waals surface area contributed by atoms with Gasteiger partial charge in [-0.25, -0.2) is 9.59 Å². The number of methoxy groups -OCH3 is 3.